The van der Waals surface area contributed by atoms with E-state index in [2.05, 4.69) is 51.9 Å². The lowest BCUT2D eigenvalue weighted by atomic mass is 9.73. The topological polar surface area (TPSA) is 70.2 Å². The van der Waals surface area contributed by atoms with E-state index in [4.69, 9.17) is 4.74 Å². The zero-order chi connectivity index (χ0) is 27.9. The highest BCUT2D eigenvalue weighted by Crippen LogP contribution is 2.45. The lowest BCUT2D eigenvalue weighted by Crippen LogP contribution is -2.22. The maximum Gasteiger partial charge on any atom is 0.245 e. The van der Waals surface area contributed by atoms with Gasteiger partial charge in [-0.1, -0.05) is 61.0 Å². The zero-order valence-electron chi connectivity index (χ0n) is 23.0. The number of nitrogens with one attached hydrogen (secondary N) is 2. The number of fused-ring (bicyclic) bond motifs is 1. The minimum Gasteiger partial charge on any atom is -0.492 e. The number of benzene rings is 3. The lowest BCUT2D eigenvalue weighted by molar-refractivity contribution is -0.123. The summed E-state index contributed by atoms with van der Waals surface area (Å²) in [7, 11) is 3.46. The van der Waals surface area contributed by atoms with Crippen molar-refractivity contribution in [2.24, 2.45) is 5.92 Å². The second kappa shape index (κ2) is 12.7. The average Bonchev–Trinajstić information content (AvgIpc) is 3.32. The van der Waals surface area contributed by atoms with Crippen LogP contribution in [0.2, 0.25) is 0 Å². The summed E-state index contributed by atoms with van der Waals surface area (Å²) in [5.74, 6) is 0.781. The number of hydrogen-bond donors (Lipinski definition) is 2. The summed E-state index contributed by atoms with van der Waals surface area (Å²) in [6.07, 6.45) is 6.87. The van der Waals surface area contributed by atoms with Crippen LogP contribution in [0.1, 0.15) is 36.0 Å². The predicted octanol–water partition coefficient (Wildman–Crippen LogP) is 6.07. The lowest BCUT2D eigenvalue weighted by Gasteiger charge is -2.31. The number of carbonyl (C=O) groups excluding carboxylic acids is 1. The molecular formula is C33H35FN4O2. The zero-order valence-corrected chi connectivity index (χ0v) is 23.0. The first-order valence-corrected chi connectivity index (χ1v) is 13.8. The molecule has 3 aromatic carbocycles. The standard InChI is InChI=1S/C33H35FN4O2/c1-38(2)30(39)12-7-19-35-20-21-40-27-16-13-25(14-17-27)32(26-15-18-29-28(22-26)33(34)37-36-29)31(24-10-6-11-24)23-8-4-3-5-9-23/h3-5,7-9,12-18,22,24,35H,6,10-11,19-21H2,1-2H3,(H,36,37)/b12-7+,32-31-. The van der Waals surface area contributed by atoms with Crippen molar-refractivity contribution in [2.75, 3.05) is 33.8 Å². The maximum atomic E-state index is 14.5. The van der Waals surface area contributed by atoms with Crippen LogP contribution in [0.4, 0.5) is 4.39 Å². The van der Waals surface area contributed by atoms with Crippen molar-refractivity contribution in [3.8, 4) is 5.75 Å². The molecule has 40 heavy (non-hydrogen) atoms. The highest BCUT2D eigenvalue weighted by atomic mass is 19.1. The Bertz CT molecular complexity index is 1500. The number of nitrogens with zero attached hydrogens (tertiary/aromatic N) is 2. The number of H-pyrrole nitrogens is 1. The Balaban J connectivity index is 1.39. The number of amides is 1. The number of aromatic nitrogens is 2. The molecule has 1 aromatic heterocycles. The first-order valence-electron chi connectivity index (χ1n) is 13.8. The van der Waals surface area contributed by atoms with Gasteiger partial charge in [-0.2, -0.15) is 9.49 Å². The summed E-state index contributed by atoms with van der Waals surface area (Å²) in [6, 6.07) is 24.5. The molecule has 206 valence electrons. The molecule has 1 amide bonds. The van der Waals surface area contributed by atoms with Gasteiger partial charge in [-0.3, -0.25) is 9.89 Å². The minimum absolute atomic E-state index is 0.0332. The molecule has 1 fully saturated rings. The van der Waals surface area contributed by atoms with Crippen LogP contribution in [0.15, 0.2) is 84.9 Å². The number of halogens is 1. The van der Waals surface area contributed by atoms with Crippen LogP contribution in [0.3, 0.4) is 0 Å². The van der Waals surface area contributed by atoms with Crippen LogP contribution in [-0.4, -0.2) is 54.8 Å². The smallest absolute Gasteiger partial charge is 0.245 e. The van der Waals surface area contributed by atoms with E-state index >= 15 is 0 Å². The van der Waals surface area contributed by atoms with E-state index in [1.165, 1.54) is 22.5 Å². The van der Waals surface area contributed by atoms with Crippen molar-refractivity contribution in [3.05, 3.63) is 108 Å². The fourth-order valence-corrected chi connectivity index (χ4v) is 4.96. The first kappa shape index (κ1) is 27.3. The van der Waals surface area contributed by atoms with E-state index in [1.54, 1.807) is 20.2 Å². The Kier molecular flexibility index (Phi) is 8.71. The molecule has 6 nitrogen and oxygen atoms in total. The first-order chi connectivity index (χ1) is 19.5. The monoisotopic (exact) mass is 538 g/mol. The van der Waals surface area contributed by atoms with Crippen LogP contribution < -0.4 is 10.1 Å². The molecule has 0 saturated heterocycles. The minimum atomic E-state index is -0.418. The number of hydrogen-bond acceptors (Lipinski definition) is 4. The summed E-state index contributed by atoms with van der Waals surface area (Å²) in [4.78, 5) is 13.1. The van der Waals surface area contributed by atoms with Gasteiger partial charge in [-0.05, 0) is 70.9 Å². The van der Waals surface area contributed by atoms with Crippen molar-refractivity contribution in [2.45, 2.75) is 19.3 Å². The molecule has 0 aliphatic heterocycles. The molecule has 0 spiro atoms. The molecule has 1 aliphatic rings. The van der Waals surface area contributed by atoms with Crippen molar-refractivity contribution in [1.82, 2.24) is 20.4 Å². The van der Waals surface area contributed by atoms with Gasteiger partial charge in [0.1, 0.15) is 12.4 Å². The third-order valence-corrected chi connectivity index (χ3v) is 7.32. The van der Waals surface area contributed by atoms with Crippen LogP contribution in [0.5, 0.6) is 5.75 Å². The van der Waals surface area contributed by atoms with E-state index in [0.717, 1.165) is 35.3 Å². The van der Waals surface area contributed by atoms with Gasteiger partial charge in [0.25, 0.3) is 0 Å². The second-order valence-corrected chi connectivity index (χ2v) is 10.3. The maximum absolute atomic E-state index is 14.5. The van der Waals surface area contributed by atoms with E-state index in [9.17, 15) is 9.18 Å². The van der Waals surface area contributed by atoms with Gasteiger partial charge in [-0.25, -0.2) is 0 Å². The largest absolute Gasteiger partial charge is 0.492 e. The number of rotatable bonds is 11. The highest BCUT2D eigenvalue weighted by molar-refractivity contribution is 6.01. The van der Waals surface area contributed by atoms with E-state index in [1.807, 2.05) is 42.5 Å². The molecule has 4 aromatic rings. The number of likely N-dealkylation sites (N-methyl/N-ethyl adjacent to an activating group) is 1. The van der Waals surface area contributed by atoms with Gasteiger partial charge < -0.3 is 15.0 Å². The van der Waals surface area contributed by atoms with Gasteiger partial charge in [0.15, 0.2) is 0 Å². The molecule has 1 saturated carbocycles. The molecular weight excluding hydrogens is 503 g/mol. The summed E-state index contributed by atoms with van der Waals surface area (Å²) in [6.45, 7) is 1.76. The molecule has 1 heterocycles. The van der Waals surface area contributed by atoms with Gasteiger partial charge in [0.2, 0.25) is 11.9 Å². The highest BCUT2D eigenvalue weighted by Gasteiger charge is 2.27. The fourth-order valence-electron chi connectivity index (χ4n) is 4.96. The van der Waals surface area contributed by atoms with Gasteiger partial charge in [0.05, 0.1) is 10.9 Å². The van der Waals surface area contributed by atoms with Crippen LogP contribution in [0, 0.1) is 11.9 Å². The predicted molar refractivity (Wildman–Crippen MR) is 158 cm³/mol. The normalized spacial score (nSPS) is 14.3. The van der Waals surface area contributed by atoms with E-state index < -0.39 is 5.95 Å². The SMILES string of the molecule is CN(C)C(=O)/C=C/CNCCOc1ccc(/C(=C(\c2ccccc2)C2CCC2)c2ccc3n[nH]c(F)c3c2)cc1. The second-order valence-electron chi connectivity index (χ2n) is 10.3. The quantitative estimate of drug-likeness (QED) is 0.138. The van der Waals surface area contributed by atoms with E-state index in [-0.39, 0.29) is 5.91 Å². The fraction of sp³-hybridized carbons (Fsp3) is 0.273. The molecule has 0 radical (unpaired) electrons. The Hall–Kier alpha value is -4.23. The summed E-state index contributed by atoms with van der Waals surface area (Å²) in [5, 5.41) is 10.3. The van der Waals surface area contributed by atoms with Gasteiger partial charge in [-0.15, -0.1) is 0 Å². The molecule has 1 aliphatic carbocycles. The third kappa shape index (κ3) is 6.32. The summed E-state index contributed by atoms with van der Waals surface area (Å²) < 4.78 is 20.5. The average molecular weight is 539 g/mol. The third-order valence-electron chi connectivity index (χ3n) is 7.32. The molecule has 7 heteroatoms. The van der Waals surface area contributed by atoms with Crippen molar-refractivity contribution < 1.29 is 13.9 Å². The van der Waals surface area contributed by atoms with Crippen LogP contribution >= 0.6 is 0 Å². The molecule has 5 rings (SSSR count). The Morgan fingerprint density at radius 3 is 2.50 bits per heavy atom. The van der Waals surface area contributed by atoms with Crippen LogP contribution in [0.25, 0.3) is 22.0 Å². The molecule has 0 atom stereocenters. The van der Waals surface area contributed by atoms with Crippen molar-refractivity contribution in [3.63, 3.8) is 0 Å². The number of allylic oxidation sites excluding steroid dienone is 1. The Labute approximate surface area is 234 Å². The molecule has 0 bridgehead atoms. The number of aromatic amines is 1. The van der Waals surface area contributed by atoms with Crippen LogP contribution in [-0.2, 0) is 4.79 Å². The summed E-state index contributed by atoms with van der Waals surface area (Å²) >= 11 is 0. The number of ether oxygens (including phenoxy) is 1. The van der Waals surface area contributed by atoms with Gasteiger partial charge >= 0.3 is 0 Å². The Morgan fingerprint density at radius 2 is 1.80 bits per heavy atom. The van der Waals surface area contributed by atoms with Crippen molar-refractivity contribution >= 4 is 28.0 Å². The molecule has 2 N–H and O–H groups in total. The van der Waals surface area contributed by atoms with Crippen molar-refractivity contribution in [1.29, 1.82) is 0 Å². The Morgan fingerprint density at radius 1 is 1.05 bits per heavy atom. The van der Waals surface area contributed by atoms with E-state index in [0.29, 0.717) is 36.5 Å². The number of carbonyl (C=O) groups is 1. The molecule has 0 unspecified atom stereocenters. The van der Waals surface area contributed by atoms with Gasteiger partial charge in [0, 0.05) is 33.3 Å². The summed E-state index contributed by atoms with van der Waals surface area (Å²) in [5.41, 5.74) is 6.26.